The van der Waals surface area contributed by atoms with E-state index in [1.807, 2.05) is 0 Å². The van der Waals surface area contributed by atoms with Crippen molar-refractivity contribution in [3.8, 4) is 0 Å². The minimum absolute atomic E-state index is 0.246. The summed E-state index contributed by atoms with van der Waals surface area (Å²) >= 11 is 0. The maximum Gasteiger partial charge on any atom is 0.216 e. The molecule has 80 valence electrons. The predicted octanol–water partition coefficient (Wildman–Crippen LogP) is -0.682. The molecule has 0 aliphatic rings. The van der Waals surface area contributed by atoms with Crippen molar-refractivity contribution < 1.29 is 13.2 Å². The van der Waals surface area contributed by atoms with Crippen LogP contribution in [0.2, 0.25) is 0 Å². The Morgan fingerprint density at radius 1 is 1.64 bits per heavy atom. The van der Waals surface area contributed by atoms with Crippen molar-refractivity contribution in [1.29, 1.82) is 0 Å². The summed E-state index contributed by atoms with van der Waals surface area (Å²) < 4.78 is 28.2. The van der Waals surface area contributed by atoms with E-state index < -0.39 is 10.0 Å². The fourth-order valence-corrected chi connectivity index (χ4v) is 1.65. The average molecular weight is 219 g/mol. The van der Waals surface area contributed by atoms with Gasteiger partial charge in [0.1, 0.15) is 11.6 Å². The second kappa shape index (κ2) is 4.54. The topological polar surface area (TPSA) is 87.2 Å². The van der Waals surface area contributed by atoms with Gasteiger partial charge in [-0.05, 0) is 0 Å². The first-order chi connectivity index (χ1) is 6.53. The predicted molar refractivity (Wildman–Crippen MR) is 50.9 cm³/mol. The molecule has 0 saturated carbocycles. The Bertz CT molecular complexity index is 385. The summed E-state index contributed by atoms with van der Waals surface area (Å²) in [7, 11) is -1.94. The van der Waals surface area contributed by atoms with Crippen LogP contribution in [0.3, 0.4) is 0 Å². The first kappa shape index (κ1) is 11.2. The molecule has 0 aromatic carbocycles. The van der Waals surface area contributed by atoms with Crippen molar-refractivity contribution in [2.75, 3.05) is 13.7 Å². The summed E-state index contributed by atoms with van der Waals surface area (Å²) in [5, 5.41) is 4.91. The lowest BCUT2D eigenvalue weighted by molar-refractivity contribution is 0.186. The largest absolute Gasteiger partial charge is 0.383 e. The molecule has 0 aliphatic heterocycles. The highest BCUT2D eigenvalue weighted by molar-refractivity contribution is 7.88. The van der Waals surface area contributed by atoms with Crippen molar-refractivity contribution in [3.63, 3.8) is 0 Å². The molecule has 0 radical (unpaired) electrons. The third kappa shape index (κ3) is 3.44. The van der Waals surface area contributed by atoms with Gasteiger partial charge in [0.25, 0.3) is 0 Å². The van der Waals surface area contributed by atoms with Gasteiger partial charge in [0, 0.05) is 26.0 Å². The minimum atomic E-state index is -3.52. The number of nitrogens with zero attached hydrogens (tertiary/aromatic N) is 2. The minimum Gasteiger partial charge on any atom is -0.383 e. The van der Waals surface area contributed by atoms with Crippen molar-refractivity contribution in [2.45, 2.75) is 12.3 Å². The molecule has 7 heteroatoms. The van der Waals surface area contributed by atoms with Crippen LogP contribution < -0.4 is 5.14 Å². The van der Waals surface area contributed by atoms with E-state index in [9.17, 15) is 8.42 Å². The van der Waals surface area contributed by atoms with Crippen LogP contribution in [0.5, 0.6) is 0 Å². The Kier molecular flexibility index (Phi) is 3.62. The zero-order valence-corrected chi connectivity index (χ0v) is 8.70. The summed E-state index contributed by atoms with van der Waals surface area (Å²) in [5.41, 5.74) is 0. The molecule has 6 nitrogen and oxygen atoms in total. The molecule has 0 spiro atoms. The quantitative estimate of drug-likeness (QED) is 0.710. The standard InChI is InChI=1S/C7H13N3O3S/c1-13-5-4-10-3-2-9-7(10)6-14(8,11)12/h2-3H,4-6H2,1H3,(H2,8,11,12). The van der Waals surface area contributed by atoms with Gasteiger partial charge in [-0.1, -0.05) is 0 Å². The summed E-state index contributed by atoms with van der Waals surface area (Å²) in [4.78, 5) is 3.90. The van der Waals surface area contributed by atoms with E-state index in [0.29, 0.717) is 19.0 Å². The van der Waals surface area contributed by atoms with E-state index >= 15 is 0 Å². The number of rotatable bonds is 5. The molecule has 2 N–H and O–H groups in total. The molecule has 0 aliphatic carbocycles. The fourth-order valence-electron chi connectivity index (χ4n) is 1.05. The number of ether oxygens (including phenoxy) is 1. The van der Waals surface area contributed by atoms with Gasteiger partial charge in [-0.3, -0.25) is 0 Å². The number of hydrogen-bond acceptors (Lipinski definition) is 4. The van der Waals surface area contributed by atoms with E-state index in [1.54, 1.807) is 17.9 Å². The molecule has 0 atom stereocenters. The molecular formula is C7H13N3O3S. The maximum absolute atomic E-state index is 10.8. The van der Waals surface area contributed by atoms with Crippen LogP contribution in [-0.2, 0) is 27.1 Å². The van der Waals surface area contributed by atoms with Crippen LogP contribution in [0, 0.1) is 0 Å². The second-order valence-electron chi connectivity index (χ2n) is 2.84. The lowest BCUT2D eigenvalue weighted by Crippen LogP contribution is -2.18. The Morgan fingerprint density at radius 3 is 2.93 bits per heavy atom. The van der Waals surface area contributed by atoms with Gasteiger partial charge in [-0.2, -0.15) is 0 Å². The Morgan fingerprint density at radius 2 is 2.36 bits per heavy atom. The van der Waals surface area contributed by atoms with E-state index in [4.69, 9.17) is 9.88 Å². The van der Waals surface area contributed by atoms with E-state index in [1.165, 1.54) is 6.20 Å². The Balaban J connectivity index is 2.72. The molecule has 14 heavy (non-hydrogen) atoms. The highest BCUT2D eigenvalue weighted by Gasteiger charge is 2.10. The van der Waals surface area contributed by atoms with Crippen molar-refractivity contribution in [2.24, 2.45) is 5.14 Å². The highest BCUT2D eigenvalue weighted by atomic mass is 32.2. The number of sulfonamides is 1. The summed E-state index contributed by atoms with van der Waals surface area (Å²) in [6, 6.07) is 0. The lowest BCUT2D eigenvalue weighted by atomic mass is 10.6. The number of imidazole rings is 1. The second-order valence-corrected chi connectivity index (χ2v) is 4.45. The zero-order chi connectivity index (χ0) is 10.6. The molecule has 0 saturated heterocycles. The number of nitrogens with two attached hydrogens (primary N) is 1. The fraction of sp³-hybridized carbons (Fsp3) is 0.571. The van der Waals surface area contributed by atoms with Crippen LogP contribution in [0.1, 0.15) is 5.82 Å². The number of primary sulfonamides is 1. The number of hydrogen-bond donors (Lipinski definition) is 1. The first-order valence-electron chi connectivity index (χ1n) is 4.02. The zero-order valence-electron chi connectivity index (χ0n) is 7.88. The van der Waals surface area contributed by atoms with Crippen LogP contribution in [0.15, 0.2) is 12.4 Å². The number of aromatic nitrogens is 2. The first-order valence-corrected chi connectivity index (χ1v) is 5.74. The maximum atomic E-state index is 10.8. The SMILES string of the molecule is COCCn1ccnc1CS(N)(=O)=O. The Labute approximate surface area is 82.7 Å². The average Bonchev–Trinajstić information content (AvgIpc) is 2.45. The molecule has 0 fully saturated rings. The van der Waals surface area contributed by atoms with Gasteiger partial charge in [0.2, 0.25) is 10.0 Å². The van der Waals surface area contributed by atoms with Crippen LogP contribution in [0.25, 0.3) is 0 Å². The number of methoxy groups -OCH3 is 1. The van der Waals surface area contributed by atoms with E-state index in [2.05, 4.69) is 4.98 Å². The lowest BCUT2D eigenvalue weighted by Gasteiger charge is -2.05. The van der Waals surface area contributed by atoms with Crippen molar-refractivity contribution in [1.82, 2.24) is 9.55 Å². The van der Waals surface area contributed by atoms with Gasteiger partial charge in [0.05, 0.1) is 6.61 Å². The van der Waals surface area contributed by atoms with Gasteiger partial charge in [-0.25, -0.2) is 18.5 Å². The van der Waals surface area contributed by atoms with Crippen molar-refractivity contribution in [3.05, 3.63) is 18.2 Å². The molecule has 1 aromatic heterocycles. The van der Waals surface area contributed by atoms with Crippen molar-refractivity contribution >= 4 is 10.0 Å². The molecule has 1 rings (SSSR count). The monoisotopic (exact) mass is 219 g/mol. The molecular weight excluding hydrogens is 206 g/mol. The van der Waals surface area contributed by atoms with Gasteiger partial charge in [0.15, 0.2) is 0 Å². The smallest absolute Gasteiger partial charge is 0.216 e. The Hall–Kier alpha value is -0.920. The van der Waals surface area contributed by atoms with Crippen LogP contribution in [-0.4, -0.2) is 31.7 Å². The third-order valence-corrected chi connectivity index (χ3v) is 2.33. The van der Waals surface area contributed by atoms with E-state index in [0.717, 1.165) is 0 Å². The summed E-state index contributed by atoms with van der Waals surface area (Å²) in [5.74, 6) is 0.188. The van der Waals surface area contributed by atoms with E-state index in [-0.39, 0.29) is 5.75 Å². The van der Waals surface area contributed by atoms with Gasteiger partial charge < -0.3 is 9.30 Å². The van der Waals surface area contributed by atoms with Crippen LogP contribution >= 0.6 is 0 Å². The third-order valence-electron chi connectivity index (χ3n) is 1.67. The molecule has 1 heterocycles. The summed E-state index contributed by atoms with van der Waals surface area (Å²) in [6.07, 6.45) is 3.23. The van der Waals surface area contributed by atoms with Gasteiger partial charge in [-0.15, -0.1) is 0 Å². The van der Waals surface area contributed by atoms with Crippen LogP contribution in [0.4, 0.5) is 0 Å². The highest BCUT2D eigenvalue weighted by Crippen LogP contribution is 2.01. The molecule has 0 amide bonds. The van der Waals surface area contributed by atoms with Gasteiger partial charge >= 0.3 is 0 Å². The molecule has 0 unspecified atom stereocenters. The molecule has 0 bridgehead atoms. The molecule has 1 aromatic rings. The normalized spacial score (nSPS) is 11.9. The summed E-state index contributed by atoms with van der Waals surface area (Å²) in [6.45, 7) is 1.08.